The summed E-state index contributed by atoms with van der Waals surface area (Å²) >= 11 is 0. The molecule has 0 amide bonds. The van der Waals surface area contributed by atoms with Crippen LogP contribution in [-0.2, 0) is 13.1 Å². The third-order valence-corrected chi connectivity index (χ3v) is 5.85. The number of hydrogen-bond acceptors (Lipinski definition) is 4. The van der Waals surface area contributed by atoms with Crippen LogP contribution in [-0.4, -0.2) is 46.6 Å². The Morgan fingerprint density at radius 3 is 2.75 bits per heavy atom. The number of nitrogens with one attached hydrogen (secondary N) is 2. The third kappa shape index (κ3) is 6.23. The van der Waals surface area contributed by atoms with Crippen molar-refractivity contribution in [2.24, 2.45) is 4.99 Å². The van der Waals surface area contributed by atoms with Crippen LogP contribution in [0, 0.1) is 0 Å². The Morgan fingerprint density at radius 1 is 1.12 bits per heavy atom. The van der Waals surface area contributed by atoms with Gasteiger partial charge in [0.15, 0.2) is 5.96 Å². The molecule has 0 radical (unpaired) electrons. The summed E-state index contributed by atoms with van der Waals surface area (Å²) in [6.07, 6.45) is 11.2. The fourth-order valence-corrected chi connectivity index (χ4v) is 4.24. The van der Waals surface area contributed by atoms with Gasteiger partial charge >= 0.3 is 0 Å². The molecule has 3 heterocycles. The molecule has 1 atom stereocenters. The number of furan rings is 1. The summed E-state index contributed by atoms with van der Waals surface area (Å²) in [6.45, 7) is 7.35. The molecule has 2 aromatic heterocycles. The van der Waals surface area contributed by atoms with E-state index >= 15 is 0 Å². The lowest BCUT2D eigenvalue weighted by atomic mass is 10.1. The number of imidazole rings is 1. The third-order valence-electron chi connectivity index (χ3n) is 5.85. The summed E-state index contributed by atoms with van der Waals surface area (Å²) in [5.74, 6) is 1.85. The van der Waals surface area contributed by atoms with Crippen molar-refractivity contribution in [2.45, 2.75) is 45.3 Å². The first-order valence-electron chi connectivity index (χ1n) is 11.6. The number of aromatic nitrogens is 2. The lowest BCUT2D eigenvalue weighted by Gasteiger charge is -2.33. The van der Waals surface area contributed by atoms with Gasteiger partial charge in [-0.2, -0.15) is 0 Å². The van der Waals surface area contributed by atoms with E-state index in [1.807, 2.05) is 24.8 Å². The van der Waals surface area contributed by atoms with Crippen molar-refractivity contribution in [2.75, 3.05) is 26.2 Å². The number of piperidine rings is 1. The van der Waals surface area contributed by atoms with Crippen molar-refractivity contribution in [1.29, 1.82) is 0 Å². The Balaban J connectivity index is 1.40. The monoisotopic (exact) mass is 434 g/mol. The van der Waals surface area contributed by atoms with E-state index in [2.05, 4.69) is 62.3 Å². The second-order valence-corrected chi connectivity index (χ2v) is 8.26. The Kier molecular flexibility index (Phi) is 7.98. The molecule has 170 valence electrons. The lowest BCUT2D eigenvalue weighted by molar-refractivity contribution is 0.146. The maximum absolute atomic E-state index is 5.78. The fraction of sp³-hybridized carbons (Fsp3) is 0.440. The zero-order chi connectivity index (χ0) is 22.0. The SMILES string of the molecule is CCNC(=NCc1cccc(Cn2ccnc2)c1)NCC(c1ccco1)N1CCCCC1. The maximum atomic E-state index is 5.78. The largest absolute Gasteiger partial charge is 0.468 e. The van der Waals surface area contributed by atoms with Crippen LogP contribution in [0.1, 0.15) is 49.1 Å². The van der Waals surface area contributed by atoms with Crippen molar-refractivity contribution >= 4 is 5.96 Å². The molecule has 1 saturated heterocycles. The highest BCUT2D eigenvalue weighted by atomic mass is 16.3. The average Bonchev–Trinajstić information content (AvgIpc) is 3.53. The minimum Gasteiger partial charge on any atom is -0.468 e. The van der Waals surface area contributed by atoms with Crippen molar-refractivity contribution in [3.63, 3.8) is 0 Å². The van der Waals surface area contributed by atoms with Gasteiger partial charge < -0.3 is 19.6 Å². The molecule has 0 bridgehead atoms. The number of benzene rings is 1. The second-order valence-electron chi connectivity index (χ2n) is 8.26. The number of likely N-dealkylation sites (tertiary alicyclic amines) is 1. The van der Waals surface area contributed by atoms with Crippen LogP contribution in [0.3, 0.4) is 0 Å². The smallest absolute Gasteiger partial charge is 0.191 e. The topological polar surface area (TPSA) is 70.6 Å². The Hall–Kier alpha value is -3.06. The summed E-state index contributed by atoms with van der Waals surface area (Å²) in [6, 6.07) is 12.9. The van der Waals surface area contributed by atoms with E-state index in [0.29, 0.717) is 6.54 Å². The van der Waals surface area contributed by atoms with Crippen LogP contribution in [0.5, 0.6) is 0 Å². The van der Waals surface area contributed by atoms with E-state index < -0.39 is 0 Å². The zero-order valence-corrected chi connectivity index (χ0v) is 18.9. The van der Waals surface area contributed by atoms with Gasteiger partial charge in [0.2, 0.25) is 0 Å². The predicted octanol–water partition coefficient (Wildman–Crippen LogP) is 3.81. The highest BCUT2D eigenvalue weighted by Gasteiger charge is 2.24. The van der Waals surface area contributed by atoms with Gasteiger partial charge in [-0.1, -0.05) is 30.7 Å². The van der Waals surface area contributed by atoms with Gasteiger partial charge in [0, 0.05) is 32.0 Å². The molecule has 1 fully saturated rings. The standard InChI is InChI=1S/C25H34N6O/c1-2-27-25(28-17-21-8-6-9-22(16-21)19-30-14-11-26-20-30)29-18-23(24-10-7-15-32-24)31-12-4-3-5-13-31/h6-11,14-16,20,23H,2-5,12-13,17-19H2,1H3,(H2,27,28,29). The van der Waals surface area contributed by atoms with Crippen LogP contribution in [0.25, 0.3) is 0 Å². The molecule has 32 heavy (non-hydrogen) atoms. The van der Waals surface area contributed by atoms with Crippen molar-refractivity contribution in [3.8, 4) is 0 Å². The molecule has 7 nitrogen and oxygen atoms in total. The minimum absolute atomic E-state index is 0.215. The van der Waals surface area contributed by atoms with E-state index in [1.54, 1.807) is 6.26 Å². The van der Waals surface area contributed by atoms with Gasteiger partial charge in [-0.25, -0.2) is 9.98 Å². The summed E-state index contributed by atoms with van der Waals surface area (Å²) in [5, 5.41) is 6.94. The van der Waals surface area contributed by atoms with E-state index in [4.69, 9.17) is 9.41 Å². The minimum atomic E-state index is 0.215. The normalized spacial score (nSPS) is 16.1. The number of hydrogen-bond donors (Lipinski definition) is 2. The lowest BCUT2D eigenvalue weighted by Crippen LogP contribution is -2.44. The number of nitrogens with zero attached hydrogens (tertiary/aromatic N) is 4. The molecule has 1 aromatic carbocycles. The summed E-state index contributed by atoms with van der Waals surface area (Å²) in [7, 11) is 0. The maximum Gasteiger partial charge on any atom is 0.191 e. The van der Waals surface area contributed by atoms with Gasteiger partial charge in [-0.05, 0) is 56.1 Å². The van der Waals surface area contributed by atoms with Crippen LogP contribution >= 0.6 is 0 Å². The first-order chi connectivity index (χ1) is 15.8. The van der Waals surface area contributed by atoms with Crippen molar-refractivity contribution < 1.29 is 4.42 Å². The second kappa shape index (κ2) is 11.5. The zero-order valence-electron chi connectivity index (χ0n) is 18.9. The Bertz CT molecular complexity index is 945. The molecule has 4 rings (SSSR count). The molecular weight excluding hydrogens is 400 g/mol. The summed E-state index contributed by atoms with van der Waals surface area (Å²) < 4.78 is 7.85. The molecular formula is C25H34N6O. The van der Waals surface area contributed by atoms with Gasteiger partial charge in [-0.15, -0.1) is 0 Å². The number of guanidine groups is 1. The van der Waals surface area contributed by atoms with Crippen LogP contribution in [0.4, 0.5) is 0 Å². The number of aliphatic imine (C=N–C) groups is 1. The van der Waals surface area contributed by atoms with E-state index in [1.165, 1.54) is 30.4 Å². The first kappa shape index (κ1) is 22.1. The molecule has 7 heteroatoms. The van der Waals surface area contributed by atoms with Gasteiger partial charge in [0.1, 0.15) is 5.76 Å². The van der Waals surface area contributed by atoms with Crippen molar-refractivity contribution in [3.05, 3.63) is 78.3 Å². The first-order valence-corrected chi connectivity index (χ1v) is 11.6. The highest BCUT2D eigenvalue weighted by molar-refractivity contribution is 5.79. The Morgan fingerprint density at radius 2 is 2.00 bits per heavy atom. The molecule has 0 aliphatic carbocycles. The quantitative estimate of drug-likeness (QED) is 0.396. The van der Waals surface area contributed by atoms with E-state index in [0.717, 1.165) is 44.4 Å². The highest BCUT2D eigenvalue weighted by Crippen LogP contribution is 2.24. The fourth-order valence-electron chi connectivity index (χ4n) is 4.24. The molecule has 3 aromatic rings. The molecule has 2 N–H and O–H groups in total. The Labute approximate surface area is 190 Å². The molecule has 1 unspecified atom stereocenters. The molecule has 0 spiro atoms. The molecule has 0 saturated carbocycles. The molecule has 1 aliphatic rings. The van der Waals surface area contributed by atoms with Gasteiger partial charge in [0.25, 0.3) is 0 Å². The summed E-state index contributed by atoms with van der Waals surface area (Å²) in [4.78, 5) is 11.5. The van der Waals surface area contributed by atoms with E-state index in [-0.39, 0.29) is 6.04 Å². The number of rotatable bonds is 9. The molecule has 1 aliphatic heterocycles. The average molecular weight is 435 g/mol. The van der Waals surface area contributed by atoms with Crippen LogP contribution < -0.4 is 10.6 Å². The van der Waals surface area contributed by atoms with Gasteiger partial charge in [0.05, 0.1) is 25.2 Å². The predicted molar refractivity (Wildman–Crippen MR) is 127 cm³/mol. The van der Waals surface area contributed by atoms with Crippen molar-refractivity contribution in [1.82, 2.24) is 25.1 Å². The van der Waals surface area contributed by atoms with Crippen LogP contribution in [0.2, 0.25) is 0 Å². The van der Waals surface area contributed by atoms with E-state index in [9.17, 15) is 0 Å². The van der Waals surface area contributed by atoms with Crippen LogP contribution in [0.15, 0.2) is 70.8 Å². The summed E-state index contributed by atoms with van der Waals surface area (Å²) in [5.41, 5.74) is 2.44. The van der Waals surface area contributed by atoms with Gasteiger partial charge in [-0.3, -0.25) is 4.90 Å².